The predicted molar refractivity (Wildman–Crippen MR) is 79.8 cm³/mol. The summed E-state index contributed by atoms with van der Waals surface area (Å²) in [6.07, 6.45) is 5.11. The number of anilines is 1. The van der Waals surface area contributed by atoms with Gasteiger partial charge in [0, 0.05) is 11.3 Å². The minimum atomic E-state index is -4.02. The van der Waals surface area contributed by atoms with E-state index in [9.17, 15) is 8.42 Å². The van der Waals surface area contributed by atoms with E-state index in [1.807, 2.05) is 19.1 Å². The van der Waals surface area contributed by atoms with Crippen LogP contribution in [0.15, 0.2) is 53.4 Å². The highest BCUT2D eigenvalue weighted by Gasteiger charge is 2.06. The van der Waals surface area contributed by atoms with Crippen molar-refractivity contribution in [1.82, 2.24) is 0 Å². The SMILES string of the molecule is C#Cc1ccc(N)cc1.Cc1ccc(S(=O)(=O)O)cc1. The van der Waals surface area contributed by atoms with Crippen molar-refractivity contribution < 1.29 is 13.0 Å². The van der Waals surface area contributed by atoms with Crippen LogP contribution in [0.2, 0.25) is 0 Å². The van der Waals surface area contributed by atoms with Crippen LogP contribution in [-0.4, -0.2) is 13.0 Å². The van der Waals surface area contributed by atoms with Crippen LogP contribution in [0.4, 0.5) is 5.69 Å². The van der Waals surface area contributed by atoms with E-state index < -0.39 is 10.1 Å². The van der Waals surface area contributed by atoms with E-state index in [1.165, 1.54) is 12.1 Å². The van der Waals surface area contributed by atoms with Crippen molar-refractivity contribution in [2.45, 2.75) is 11.8 Å². The normalized spacial score (nSPS) is 10.1. The Morgan fingerprint density at radius 2 is 1.55 bits per heavy atom. The number of hydrogen-bond acceptors (Lipinski definition) is 3. The van der Waals surface area contributed by atoms with Crippen molar-refractivity contribution in [1.29, 1.82) is 0 Å². The van der Waals surface area contributed by atoms with Crippen LogP contribution in [-0.2, 0) is 10.1 Å². The Kier molecular flexibility index (Phi) is 5.32. The second-order valence-corrected chi connectivity index (χ2v) is 5.48. The Morgan fingerprint density at radius 1 is 1.05 bits per heavy atom. The molecule has 0 saturated carbocycles. The zero-order valence-electron chi connectivity index (χ0n) is 10.9. The van der Waals surface area contributed by atoms with Gasteiger partial charge in [-0.1, -0.05) is 23.6 Å². The van der Waals surface area contributed by atoms with Crippen molar-refractivity contribution >= 4 is 15.8 Å². The van der Waals surface area contributed by atoms with Crippen molar-refractivity contribution in [3.05, 3.63) is 59.7 Å². The Hall–Kier alpha value is -2.29. The first-order valence-electron chi connectivity index (χ1n) is 5.69. The van der Waals surface area contributed by atoms with Crippen LogP contribution in [0.3, 0.4) is 0 Å². The Morgan fingerprint density at radius 3 is 1.95 bits per heavy atom. The third-order valence-corrected chi connectivity index (χ3v) is 3.26. The second kappa shape index (κ2) is 6.75. The van der Waals surface area contributed by atoms with E-state index >= 15 is 0 Å². The molecule has 20 heavy (non-hydrogen) atoms. The number of aryl methyl sites for hydroxylation is 1. The molecule has 104 valence electrons. The topological polar surface area (TPSA) is 80.4 Å². The van der Waals surface area contributed by atoms with Crippen LogP contribution >= 0.6 is 0 Å². The van der Waals surface area contributed by atoms with E-state index in [0.29, 0.717) is 0 Å². The molecule has 0 aromatic heterocycles. The molecule has 4 nitrogen and oxygen atoms in total. The molecule has 0 aliphatic heterocycles. The molecule has 0 radical (unpaired) electrons. The number of nitrogen functional groups attached to an aromatic ring is 1. The summed E-state index contributed by atoms with van der Waals surface area (Å²) in [6.45, 7) is 1.84. The van der Waals surface area contributed by atoms with Crippen LogP contribution < -0.4 is 5.73 Å². The molecule has 0 unspecified atom stereocenters. The lowest BCUT2D eigenvalue weighted by Crippen LogP contribution is -1.96. The fraction of sp³-hybridized carbons (Fsp3) is 0.0667. The molecule has 0 aliphatic carbocycles. The number of hydrogen-bond donors (Lipinski definition) is 2. The molecule has 0 bridgehead atoms. The Bertz CT molecular complexity index is 696. The minimum Gasteiger partial charge on any atom is -0.399 e. The average molecular weight is 289 g/mol. The zero-order valence-corrected chi connectivity index (χ0v) is 11.8. The summed E-state index contributed by atoms with van der Waals surface area (Å²) in [6, 6.07) is 13.2. The van der Waals surface area contributed by atoms with Gasteiger partial charge in [0.2, 0.25) is 0 Å². The van der Waals surface area contributed by atoms with Gasteiger partial charge >= 0.3 is 0 Å². The van der Waals surface area contributed by atoms with Crippen LogP contribution in [0, 0.1) is 19.3 Å². The van der Waals surface area contributed by atoms with E-state index in [4.69, 9.17) is 16.7 Å². The van der Waals surface area contributed by atoms with Gasteiger partial charge in [0.15, 0.2) is 0 Å². The summed E-state index contributed by atoms with van der Waals surface area (Å²) in [5, 5.41) is 0. The van der Waals surface area contributed by atoms with Crippen molar-refractivity contribution in [2.75, 3.05) is 5.73 Å². The lowest BCUT2D eigenvalue weighted by Gasteiger charge is -1.95. The Balaban J connectivity index is 0.000000204. The van der Waals surface area contributed by atoms with E-state index in [1.54, 1.807) is 24.3 Å². The molecule has 0 aliphatic rings. The van der Waals surface area contributed by atoms with Crippen LogP contribution in [0.25, 0.3) is 0 Å². The van der Waals surface area contributed by atoms with Gasteiger partial charge in [-0.25, -0.2) is 0 Å². The van der Waals surface area contributed by atoms with Crippen molar-refractivity contribution in [3.63, 3.8) is 0 Å². The molecular weight excluding hydrogens is 274 g/mol. The molecule has 0 spiro atoms. The summed E-state index contributed by atoms with van der Waals surface area (Å²) in [5.74, 6) is 2.50. The molecule has 0 fully saturated rings. The fourth-order valence-corrected chi connectivity index (χ4v) is 1.77. The van der Waals surface area contributed by atoms with Gasteiger partial charge in [-0.15, -0.1) is 6.42 Å². The highest BCUT2D eigenvalue weighted by atomic mass is 32.2. The smallest absolute Gasteiger partial charge is 0.294 e. The number of nitrogens with two attached hydrogens (primary N) is 1. The molecular formula is C15H15NO3S. The van der Waals surface area contributed by atoms with Crippen molar-refractivity contribution in [2.24, 2.45) is 0 Å². The van der Waals surface area contributed by atoms with Gasteiger partial charge in [0.05, 0.1) is 4.90 Å². The fourth-order valence-electron chi connectivity index (χ4n) is 1.29. The van der Waals surface area contributed by atoms with Gasteiger partial charge < -0.3 is 5.73 Å². The monoisotopic (exact) mass is 289 g/mol. The summed E-state index contributed by atoms with van der Waals surface area (Å²) >= 11 is 0. The summed E-state index contributed by atoms with van der Waals surface area (Å²) < 4.78 is 29.6. The molecule has 0 heterocycles. The quantitative estimate of drug-likeness (QED) is 0.480. The van der Waals surface area contributed by atoms with Crippen molar-refractivity contribution in [3.8, 4) is 12.3 Å². The van der Waals surface area contributed by atoms with E-state index in [-0.39, 0.29) is 4.90 Å². The molecule has 3 N–H and O–H groups in total. The number of rotatable bonds is 1. The average Bonchev–Trinajstić information content (AvgIpc) is 2.40. The maximum Gasteiger partial charge on any atom is 0.294 e. The lowest BCUT2D eigenvalue weighted by atomic mass is 10.2. The number of terminal acetylenes is 1. The molecule has 2 rings (SSSR count). The third kappa shape index (κ3) is 5.14. The Labute approximate surface area is 119 Å². The first kappa shape index (κ1) is 15.8. The minimum absolute atomic E-state index is 0.0666. The molecule has 0 saturated heterocycles. The highest BCUT2D eigenvalue weighted by molar-refractivity contribution is 7.85. The summed E-state index contributed by atoms with van der Waals surface area (Å²) in [4.78, 5) is -0.0666. The lowest BCUT2D eigenvalue weighted by molar-refractivity contribution is 0.483. The second-order valence-electron chi connectivity index (χ2n) is 4.05. The van der Waals surface area contributed by atoms with Crippen LogP contribution in [0.5, 0.6) is 0 Å². The molecule has 0 atom stereocenters. The standard InChI is InChI=1S/C8H7N.C7H8O3S/c1-2-7-3-5-8(9)6-4-7;1-6-2-4-7(5-3-6)11(8,9)10/h1,3-6H,9H2;2-5H,1H3,(H,8,9,10). The number of benzene rings is 2. The van der Waals surface area contributed by atoms with Gasteiger partial charge in [-0.3, -0.25) is 4.55 Å². The molecule has 2 aromatic carbocycles. The maximum atomic E-state index is 10.5. The zero-order chi connectivity index (χ0) is 15.2. The van der Waals surface area contributed by atoms with Gasteiger partial charge in [-0.2, -0.15) is 8.42 Å². The molecule has 5 heteroatoms. The molecule has 2 aromatic rings. The highest BCUT2D eigenvalue weighted by Crippen LogP contribution is 2.08. The predicted octanol–water partition coefficient (Wildman–Crippen LogP) is 2.49. The van der Waals surface area contributed by atoms with E-state index in [0.717, 1.165) is 16.8 Å². The van der Waals surface area contributed by atoms with Gasteiger partial charge in [0.1, 0.15) is 0 Å². The van der Waals surface area contributed by atoms with Crippen LogP contribution in [0.1, 0.15) is 11.1 Å². The largest absolute Gasteiger partial charge is 0.399 e. The first-order chi connectivity index (χ1) is 9.32. The third-order valence-electron chi connectivity index (χ3n) is 2.40. The van der Waals surface area contributed by atoms with E-state index in [2.05, 4.69) is 5.92 Å². The summed E-state index contributed by atoms with van der Waals surface area (Å²) in [7, 11) is -4.02. The molecule has 0 amide bonds. The summed E-state index contributed by atoms with van der Waals surface area (Å²) in [5.41, 5.74) is 7.98. The van der Waals surface area contributed by atoms with Gasteiger partial charge in [0.25, 0.3) is 10.1 Å². The first-order valence-corrected chi connectivity index (χ1v) is 7.13. The maximum absolute atomic E-state index is 10.5. The van der Waals surface area contributed by atoms with Gasteiger partial charge in [-0.05, 0) is 43.3 Å².